The Balaban J connectivity index is 2.70. The summed E-state index contributed by atoms with van der Waals surface area (Å²) in [6, 6.07) is 3.61. The summed E-state index contributed by atoms with van der Waals surface area (Å²) in [6.07, 6.45) is 1.98. The lowest BCUT2D eigenvalue weighted by Crippen LogP contribution is -2.10. The van der Waals surface area contributed by atoms with Gasteiger partial charge in [0.15, 0.2) is 0 Å². The maximum atomic E-state index is 13.5. The minimum atomic E-state index is -0.230. The maximum absolute atomic E-state index is 13.5. The monoisotopic (exact) mass is 235 g/mol. The second-order valence-electron chi connectivity index (χ2n) is 4.40. The van der Waals surface area contributed by atoms with Crippen LogP contribution in [0.4, 0.5) is 10.3 Å². The molecule has 0 radical (unpaired) electrons. The highest BCUT2D eigenvalue weighted by atomic mass is 19.1. The molecule has 3 nitrogen and oxygen atoms in total. The molecule has 0 amide bonds. The van der Waals surface area contributed by atoms with Gasteiger partial charge in [-0.2, -0.15) is 0 Å². The van der Waals surface area contributed by atoms with Crippen molar-refractivity contribution in [2.45, 2.75) is 39.7 Å². The minimum Gasteiger partial charge on any atom is -0.369 e. The van der Waals surface area contributed by atoms with Crippen LogP contribution in [0.3, 0.4) is 0 Å². The standard InChI is InChI=1S/C13H18FN3/c1-4-9(5-2)17-12-6-8(3)10(14)7-11(12)16-13(17)15/h6-7,9H,4-5H2,1-3H3,(H2,15,16). The zero-order valence-corrected chi connectivity index (χ0v) is 10.5. The Morgan fingerprint density at radius 2 is 2.00 bits per heavy atom. The number of hydrogen-bond donors (Lipinski definition) is 1. The minimum absolute atomic E-state index is 0.230. The summed E-state index contributed by atoms with van der Waals surface area (Å²) in [6.45, 7) is 6.00. The first-order valence-electron chi connectivity index (χ1n) is 6.02. The van der Waals surface area contributed by atoms with Gasteiger partial charge in [-0.3, -0.25) is 0 Å². The van der Waals surface area contributed by atoms with Crippen molar-refractivity contribution in [3.63, 3.8) is 0 Å². The molecule has 0 aliphatic heterocycles. The molecule has 0 unspecified atom stereocenters. The molecule has 0 aliphatic carbocycles. The topological polar surface area (TPSA) is 43.8 Å². The first-order chi connectivity index (χ1) is 8.08. The molecule has 0 saturated heterocycles. The largest absolute Gasteiger partial charge is 0.369 e. The number of aryl methyl sites for hydroxylation is 1. The summed E-state index contributed by atoms with van der Waals surface area (Å²) in [5.74, 6) is 0.241. The van der Waals surface area contributed by atoms with Crippen molar-refractivity contribution in [1.29, 1.82) is 0 Å². The van der Waals surface area contributed by atoms with Crippen LogP contribution in [0.5, 0.6) is 0 Å². The lowest BCUT2D eigenvalue weighted by Gasteiger charge is -2.17. The molecule has 0 aliphatic rings. The number of imidazole rings is 1. The van der Waals surface area contributed by atoms with Crippen molar-refractivity contribution >= 4 is 17.0 Å². The van der Waals surface area contributed by atoms with E-state index in [0.717, 1.165) is 18.4 Å². The maximum Gasteiger partial charge on any atom is 0.201 e. The predicted molar refractivity (Wildman–Crippen MR) is 68.5 cm³/mol. The third kappa shape index (κ3) is 1.88. The van der Waals surface area contributed by atoms with Gasteiger partial charge >= 0.3 is 0 Å². The fraction of sp³-hybridized carbons (Fsp3) is 0.462. The molecule has 0 bridgehead atoms. The molecule has 0 fully saturated rings. The van der Waals surface area contributed by atoms with Gasteiger partial charge in [-0.1, -0.05) is 13.8 Å². The van der Waals surface area contributed by atoms with Crippen LogP contribution in [0.15, 0.2) is 12.1 Å². The Hall–Kier alpha value is -1.58. The van der Waals surface area contributed by atoms with Crippen LogP contribution >= 0.6 is 0 Å². The average Bonchev–Trinajstić information content (AvgIpc) is 2.59. The summed E-state index contributed by atoms with van der Waals surface area (Å²) in [7, 11) is 0. The third-order valence-corrected chi connectivity index (χ3v) is 3.30. The number of rotatable bonds is 3. The van der Waals surface area contributed by atoms with E-state index in [2.05, 4.69) is 18.8 Å². The Labute approximate surface area is 100 Å². The molecule has 2 N–H and O–H groups in total. The first kappa shape index (κ1) is 11.9. The SMILES string of the molecule is CCC(CC)n1c(N)nc2cc(F)c(C)cc21. The number of nitrogens with two attached hydrogens (primary N) is 1. The zero-order chi connectivity index (χ0) is 12.6. The second kappa shape index (κ2) is 4.35. The van der Waals surface area contributed by atoms with Crippen LogP contribution in [-0.2, 0) is 0 Å². The fourth-order valence-corrected chi connectivity index (χ4v) is 2.28. The normalized spacial score (nSPS) is 11.6. The highest BCUT2D eigenvalue weighted by Gasteiger charge is 2.16. The van der Waals surface area contributed by atoms with Crippen LogP contribution in [0, 0.1) is 12.7 Å². The van der Waals surface area contributed by atoms with E-state index in [1.807, 2.05) is 10.6 Å². The molecule has 0 saturated carbocycles. The van der Waals surface area contributed by atoms with E-state index in [4.69, 9.17) is 5.73 Å². The van der Waals surface area contributed by atoms with Crippen LogP contribution in [0.1, 0.15) is 38.3 Å². The molecule has 2 aromatic rings. The molecule has 17 heavy (non-hydrogen) atoms. The number of nitrogens with zero attached hydrogens (tertiary/aromatic N) is 2. The van der Waals surface area contributed by atoms with E-state index in [-0.39, 0.29) is 5.82 Å². The molecule has 2 rings (SSSR count). The highest BCUT2D eigenvalue weighted by Crippen LogP contribution is 2.28. The van der Waals surface area contributed by atoms with Gasteiger partial charge in [0.2, 0.25) is 5.95 Å². The Bertz CT molecular complexity index is 541. The van der Waals surface area contributed by atoms with Gasteiger partial charge < -0.3 is 10.3 Å². The van der Waals surface area contributed by atoms with Crippen molar-refractivity contribution < 1.29 is 4.39 Å². The van der Waals surface area contributed by atoms with E-state index >= 15 is 0 Å². The third-order valence-electron chi connectivity index (χ3n) is 3.30. The van der Waals surface area contributed by atoms with Crippen LogP contribution in [0.25, 0.3) is 11.0 Å². The number of fused-ring (bicyclic) bond motifs is 1. The predicted octanol–water partition coefficient (Wildman–Crippen LogP) is 3.43. The summed E-state index contributed by atoms with van der Waals surface area (Å²) in [4.78, 5) is 4.23. The van der Waals surface area contributed by atoms with E-state index < -0.39 is 0 Å². The number of anilines is 1. The van der Waals surface area contributed by atoms with Crippen molar-refractivity contribution in [2.75, 3.05) is 5.73 Å². The van der Waals surface area contributed by atoms with Crippen molar-refractivity contribution in [2.24, 2.45) is 0 Å². The van der Waals surface area contributed by atoms with Gasteiger partial charge in [-0.15, -0.1) is 0 Å². The van der Waals surface area contributed by atoms with Crippen molar-refractivity contribution in [1.82, 2.24) is 9.55 Å². The van der Waals surface area contributed by atoms with Crippen molar-refractivity contribution in [3.8, 4) is 0 Å². The fourth-order valence-electron chi connectivity index (χ4n) is 2.28. The van der Waals surface area contributed by atoms with E-state index in [1.54, 1.807) is 6.92 Å². The molecule has 1 aromatic heterocycles. The van der Waals surface area contributed by atoms with Crippen molar-refractivity contribution in [3.05, 3.63) is 23.5 Å². The molecular weight excluding hydrogens is 217 g/mol. The van der Waals surface area contributed by atoms with E-state index in [1.165, 1.54) is 6.07 Å². The number of hydrogen-bond acceptors (Lipinski definition) is 2. The van der Waals surface area contributed by atoms with Crippen LogP contribution in [0.2, 0.25) is 0 Å². The molecule has 1 aromatic carbocycles. The van der Waals surface area contributed by atoms with Gasteiger partial charge in [0, 0.05) is 12.1 Å². The highest BCUT2D eigenvalue weighted by molar-refractivity contribution is 5.79. The molecule has 0 atom stereocenters. The zero-order valence-electron chi connectivity index (χ0n) is 10.5. The average molecular weight is 235 g/mol. The Morgan fingerprint density at radius 1 is 1.35 bits per heavy atom. The van der Waals surface area contributed by atoms with Gasteiger partial charge in [-0.05, 0) is 31.4 Å². The Morgan fingerprint density at radius 3 is 2.59 bits per heavy atom. The molecule has 0 spiro atoms. The van der Waals surface area contributed by atoms with Gasteiger partial charge in [0.25, 0.3) is 0 Å². The van der Waals surface area contributed by atoms with E-state index in [0.29, 0.717) is 23.1 Å². The molecule has 92 valence electrons. The summed E-state index contributed by atoms with van der Waals surface area (Å²) in [5, 5.41) is 0. The number of aromatic nitrogens is 2. The van der Waals surface area contributed by atoms with E-state index in [9.17, 15) is 4.39 Å². The lowest BCUT2D eigenvalue weighted by molar-refractivity contribution is 0.489. The molecule has 4 heteroatoms. The quantitative estimate of drug-likeness (QED) is 0.885. The molecule has 1 heterocycles. The van der Waals surface area contributed by atoms with Crippen LogP contribution in [-0.4, -0.2) is 9.55 Å². The number of nitrogen functional groups attached to an aromatic ring is 1. The van der Waals surface area contributed by atoms with Crippen LogP contribution < -0.4 is 5.73 Å². The molecular formula is C13H18FN3. The lowest BCUT2D eigenvalue weighted by atomic mass is 10.1. The first-order valence-corrected chi connectivity index (χ1v) is 6.02. The summed E-state index contributed by atoms with van der Waals surface area (Å²) < 4.78 is 15.5. The van der Waals surface area contributed by atoms with Gasteiger partial charge in [0.05, 0.1) is 11.0 Å². The summed E-state index contributed by atoms with van der Waals surface area (Å²) >= 11 is 0. The van der Waals surface area contributed by atoms with Gasteiger partial charge in [-0.25, -0.2) is 9.37 Å². The number of benzene rings is 1. The smallest absolute Gasteiger partial charge is 0.201 e. The van der Waals surface area contributed by atoms with Gasteiger partial charge in [0.1, 0.15) is 5.82 Å². The number of halogens is 1. The second-order valence-corrected chi connectivity index (χ2v) is 4.40. The summed E-state index contributed by atoms with van der Waals surface area (Å²) in [5.41, 5.74) is 8.13. The Kier molecular flexibility index (Phi) is 3.05.